The molecule has 0 atom stereocenters. The molecule has 4 heteroatoms. The van der Waals surface area contributed by atoms with E-state index < -0.39 is 5.24 Å². The Hall–Kier alpha value is -1.44. The molecule has 0 saturated heterocycles. The van der Waals surface area contributed by atoms with Crippen molar-refractivity contribution in [2.24, 2.45) is 4.99 Å². The van der Waals surface area contributed by atoms with Gasteiger partial charge in [0.2, 0.25) is 6.08 Å². The lowest BCUT2D eigenvalue weighted by molar-refractivity contribution is 0.108. The topological polar surface area (TPSA) is 46.5 Å². The monoisotopic (exact) mass is 211 g/mol. The molecular weight excluding hydrogens is 202 g/mol. The Morgan fingerprint density at radius 1 is 1.43 bits per heavy atom. The molecule has 0 saturated carbocycles. The van der Waals surface area contributed by atoms with Gasteiger partial charge >= 0.3 is 0 Å². The van der Waals surface area contributed by atoms with Crippen LogP contribution in [-0.2, 0) is 4.79 Å². The van der Waals surface area contributed by atoms with Gasteiger partial charge in [0, 0.05) is 5.56 Å². The molecule has 0 fully saturated rings. The molecule has 1 aromatic carbocycles. The summed E-state index contributed by atoms with van der Waals surface area (Å²) in [5, 5.41) is -0.571. The van der Waals surface area contributed by atoms with Crippen LogP contribution in [-0.4, -0.2) is 11.3 Å². The van der Waals surface area contributed by atoms with Gasteiger partial charge in [0.1, 0.15) is 0 Å². The molecule has 0 unspecified atom stereocenters. The molecule has 1 rings (SSSR count). The van der Waals surface area contributed by atoms with Crippen LogP contribution in [0, 0.1) is 0 Å². The zero-order valence-corrected chi connectivity index (χ0v) is 8.71. The number of aliphatic imine (C=N–C) groups is 1. The van der Waals surface area contributed by atoms with Crippen molar-refractivity contribution in [2.75, 3.05) is 0 Å². The minimum atomic E-state index is -0.571. The van der Waals surface area contributed by atoms with Crippen LogP contribution in [0.3, 0.4) is 0 Å². The molecule has 0 aliphatic heterocycles. The first kappa shape index (κ1) is 12.6. The SMILES string of the molecule is CC.O=C=Nc1cccc(C(=O)Cl)c1. The highest BCUT2D eigenvalue weighted by Gasteiger charge is 2.00. The number of hydrogen-bond donors (Lipinski definition) is 0. The van der Waals surface area contributed by atoms with Crippen molar-refractivity contribution in [3.8, 4) is 0 Å². The van der Waals surface area contributed by atoms with Gasteiger partial charge in [-0.2, -0.15) is 4.99 Å². The van der Waals surface area contributed by atoms with Crippen molar-refractivity contribution < 1.29 is 9.59 Å². The summed E-state index contributed by atoms with van der Waals surface area (Å²) >= 11 is 5.20. The molecule has 3 nitrogen and oxygen atoms in total. The Labute approximate surface area is 87.4 Å². The first-order valence-corrected chi connectivity index (χ1v) is 4.49. The van der Waals surface area contributed by atoms with E-state index in [2.05, 4.69) is 4.99 Å². The maximum Gasteiger partial charge on any atom is 0.252 e. The van der Waals surface area contributed by atoms with E-state index in [9.17, 15) is 9.59 Å². The number of nitrogens with zero attached hydrogens (tertiary/aromatic N) is 1. The van der Waals surface area contributed by atoms with Gasteiger partial charge in [-0.05, 0) is 29.8 Å². The molecule has 1 aromatic rings. The van der Waals surface area contributed by atoms with Gasteiger partial charge in [0.05, 0.1) is 5.69 Å². The van der Waals surface area contributed by atoms with Crippen LogP contribution in [0.2, 0.25) is 0 Å². The number of rotatable bonds is 2. The van der Waals surface area contributed by atoms with Crippen LogP contribution in [0.5, 0.6) is 0 Å². The quantitative estimate of drug-likeness (QED) is 0.429. The van der Waals surface area contributed by atoms with Crippen molar-refractivity contribution in [1.82, 2.24) is 0 Å². The molecule has 0 amide bonds. The lowest BCUT2D eigenvalue weighted by atomic mass is 10.2. The molecule has 14 heavy (non-hydrogen) atoms. The zero-order valence-electron chi connectivity index (χ0n) is 7.95. The average molecular weight is 212 g/mol. The van der Waals surface area contributed by atoms with Crippen molar-refractivity contribution in [1.29, 1.82) is 0 Å². The van der Waals surface area contributed by atoms with Crippen molar-refractivity contribution in [2.45, 2.75) is 13.8 Å². The number of carbonyl (C=O) groups is 1. The zero-order chi connectivity index (χ0) is 11.0. The predicted octanol–water partition coefficient (Wildman–Crippen LogP) is 3.06. The summed E-state index contributed by atoms with van der Waals surface area (Å²) in [6.45, 7) is 4.00. The van der Waals surface area contributed by atoms with Crippen LogP contribution < -0.4 is 0 Å². The molecule has 74 valence electrons. The second-order valence-electron chi connectivity index (χ2n) is 2.03. The molecule has 0 bridgehead atoms. The third-order valence-corrected chi connectivity index (χ3v) is 1.47. The summed E-state index contributed by atoms with van der Waals surface area (Å²) in [4.78, 5) is 23.8. The summed E-state index contributed by atoms with van der Waals surface area (Å²) in [5.41, 5.74) is 0.685. The summed E-state index contributed by atoms with van der Waals surface area (Å²) < 4.78 is 0. The van der Waals surface area contributed by atoms with Crippen LogP contribution in [0.25, 0.3) is 0 Å². The Bertz CT molecular complexity index is 340. The molecule has 0 N–H and O–H groups in total. The highest BCUT2D eigenvalue weighted by molar-refractivity contribution is 6.67. The first-order chi connectivity index (χ1) is 6.74. The van der Waals surface area contributed by atoms with E-state index in [-0.39, 0.29) is 0 Å². The number of carbonyl (C=O) groups excluding carboxylic acids is 2. The van der Waals surface area contributed by atoms with E-state index in [1.165, 1.54) is 12.1 Å². The maximum absolute atomic E-state index is 10.6. The summed E-state index contributed by atoms with van der Waals surface area (Å²) in [6.07, 6.45) is 1.37. The normalized spacial score (nSPS) is 7.93. The van der Waals surface area contributed by atoms with Crippen molar-refractivity contribution >= 4 is 28.6 Å². The van der Waals surface area contributed by atoms with E-state index in [4.69, 9.17) is 11.6 Å². The van der Waals surface area contributed by atoms with Gasteiger partial charge in [-0.25, -0.2) is 4.79 Å². The van der Waals surface area contributed by atoms with Gasteiger partial charge in [0.25, 0.3) is 5.24 Å². The minimum Gasteiger partial charge on any atom is -0.276 e. The van der Waals surface area contributed by atoms with Crippen LogP contribution >= 0.6 is 11.6 Å². The Balaban J connectivity index is 0.000000791. The lowest BCUT2D eigenvalue weighted by Gasteiger charge is -1.92. The molecule has 0 aliphatic carbocycles. The van der Waals surface area contributed by atoms with E-state index in [0.29, 0.717) is 11.3 Å². The molecule has 0 spiro atoms. The summed E-state index contributed by atoms with van der Waals surface area (Å²) in [7, 11) is 0. The number of benzene rings is 1. The first-order valence-electron chi connectivity index (χ1n) is 4.12. The highest BCUT2D eigenvalue weighted by Crippen LogP contribution is 2.14. The van der Waals surface area contributed by atoms with E-state index >= 15 is 0 Å². The summed E-state index contributed by atoms with van der Waals surface area (Å²) in [6, 6.07) is 6.12. The fourth-order valence-electron chi connectivity index (χ4n) is 0.750. The fourth-order valence-corrected chi connectivity index (χ4v) is 0.868. The Morgan fingerprint density at radius 2 is 2.07 bits per heavy atom. The molecule has 0 aliphatic rings. The maximum atomic E-state index is 10.6. The van der Waals surface area contributed by atoms with Crippen molar-refractivity contribution in [3.05, 3.63) is 29.8 Å². The second kappa shape index (κ2) is 7.01. The van der Waals surface area contributed by atoms with E-state index in [0.717, 1.165) is 0 Å². The smallest absolute Gasteiger partial charge is 0.252 e. The van der Waals surface area contributed by atoms with Gasteiger partial charge in [0.15, 0.2) is 0 Å². The predicted molar refractivity (Wildman–Crippen MR) is 55.8 cm³/mol. The van der Waals surface area contributed by atoms with Crippen molar-refractivity contribution in [3.63, 3.8) is 0 Å². The number of hydrogen-bond acceptors (Lipinski definition) is 3. The van der Waals surface area contributed by atoms with Gasteiger partial charge in [-0.3, -0.25) is 4.79 Å². The van der Waals surface area contributed by atoms with Crippen LogP contribution in [0.15, 0.2) is 29.3 Å². The fraction of sp³-hybridized carbons (Fsp3) is 0.200. The van der Waals surface area contributed by atoms with Gasteiger partial charge in [-0.1, -0.05) is 19.9 Å². The summed E-state index contributed by atoms with van der Waals surface area (Å²) in [5.74, 6) is 0. The number of halogens is 1. The van der Waals surface area contributed by atoms with Gasteiger partial charge < -0.3 is 0 Å². The third-order valence-electron chi connectivity index (χ3n) is 1.25. The van der Waals surface area contributed by atoms with E-state index in [1.807, 2.05) is 13.8 Å². The largest absolute Gasteiger partial charge is 0.276 e. The Kier molecular flexibility index (Phi) is 6.29. The lowest BCUT2D eigenvalue weighted by Crippen LogP contribution is -1.85. The van der Waals surface area contributed by atoms with Crippen LogP contribution in [0.4, 0.5) is 5.69 Å². The van der Waals surface area contributed by atoms with Gasteiger partial charge in [-0.15, -0.1) is 0 Å². The standard InChI is InChI=1S/C8H4ClNO2.C2H6/c9-8(12)6-2-1-3-7(4-6)10-5-11;1-2/h1-4H;1-2H3. The third kappa shape index (κ3) is 3.99. The highest BCUT2D eigenvalue weighted by atomic mass is 35.5. The molecule has 0 heterocycles. The average Bonchev–Trinajstić information content (AvgIpc) is 2.22. The molecule has 0 radical (unpaired) electrons. The molecule has 0 aromatic heterocycles. The van der Waals surface area contributed by atoms with Crippen LogP contribution in [0.1, 0.15) is 24.2 Å². The molecular formula is C10H10ClNO2. The Morgan fingerprint density at radius 3 is 2.57 bits per heavy atom. The second-order valence-corrected chi connectivity index (χ2v) is 2.37. The van der Waals surface area contributed by atoms with E-state index in [1.54, 1.807) is 18.2 Å². The number of isocyanates is 1. The minimum absolute atomic E-state index is 0.313.